The molecule has 1 rings (SSSR count). The van der Waals surface area contributed by atoms with Crippen molar-refractivity contribution in [3.05, 3.63) is 40.9 Å². The molecule has 0 aromatic heterocycles. The van der Waals surface area contributed by atoms with Crippen LogP contribution in [0.3, 0.4) is 0 Å². The van der Waals surface area contributed by atoms with E-state index >= 15 is 0 Å². The zero-order chi connectivity index (χ0) is 13.4. The lowest BCUT2D eigenvalue weighted by Crippen LogP contribution is -1.94. The predicted octanol–water partition coefficient (Wildman–Crippen LogP) is 5.28. The average molecular weight is 265 g/mol. The third kappa shape index (κ3) is 5.50. The van der Waals surface area contributed by atoms with Gasteiger partial charge in [0.2, 0.25) is 0 Å². The number of carbonyl (C=O) groups is 1. The normalized spacial score (nSPS) is 11.6. The summed E-state index contributed by atoms with van der Waals surface area (Å²) in [7, 11) is 0. The molecule has 0 aliphatic heterocycles. The first-order chi connectivity index (χ1) is 8.63. The zero-order valence-electron chi connectivity index (χ0n) is 11.2. The fourth-order valence-electron chi connectivity index (χ4n) is 1.84. The van der Waals surface area contributed by atoms with Gasteiger partial charge in [0.1, 0.15) is 0 Å². The van der Waals surface area contributed by atoms with Crippen LogP contribution in [0, 0.1) is 0 Å². The second-order valence-corrected chi connectivity index (χ2v) is 5.05. The van der Waals surface area contributed by atoms with Gasteiger partial charge in [0.05, 0.1) is 0 Å². The van der Waals surface area contributed by atoms with E-state index in [-0.39, 0.29) is 5.78 Å². The molecule has 0 saturated carbocycles. The van der Waals surface area contributed by atoms with Crippen LogP contribution in [0.1, 0.15) is 51.5 Å². The highest BCUT2D eigenvalue weighted by Gasteiger charge is 2.01. The molecule has 2 heteroatoms. The highest BCUT2D eigenvalue weighted by molar-refractivity contribution is 6.30. The Hall–Kier alpha value is -1.08. The fraction of sp³-hybridized carbons (Fsp3) is 0.438. The Kier molecular flexibility index (Phi) is 6.74. The van der Waals surface area contributed by atoms with Crippen LogP contribution in [0.15, 0.2) is 30.3 Å². The summed E-state index contributed by atoms with van der Waals surface area (Å²) in [5.74, 6) is 0.221. The van der Waals surface area contributed by atoms with Gasteiger partial charge in [0, 0.05) is 11.4 Å². The Morgan fingerprint density at radius 2 is 1.83 bits per heavy atom. The molecule has 0 spiro atoms. The quantitative estimate of drug-likeness (QED) is 0.483. The van der Waals surface area contributed by atoms with E-state index in [4.69, 9.17) is 11.6 Å². The first-order valence-electron chi connectivity index (χ1n) is 6.60. The molecule has 0 radical (unpaired) electrons. The first-order valence-corrected chi connectivity index (χ1v) is 6.98. The molecule has 0 unspecified atom stereocenters. The highest BCUT2D eigenvalue weighted by Crippen LogP contribution is 2.17. The van der Waals surface area contributed by atoms with Gasteiger partial charge in [-0.1, -0.05) is 49.9 Å². The Labute approximate surface area is 115 Å². The Balaban J connectivity index is 2.49. The van der Waals surface area contributed by atoms with Crippen LogP contribution >= 0.6 is 11.6 Å². The number of rotatable bonds is 7. The number of hydrogen-bond donors (Lipinski definition) is 0. The monoisotopic (exact) mass is 264 g/mol. The molecule has 18 heavy (non-hydrogen) atoms. The topological polar surface area (TPSA) is 17.1 Å². The number of unbranched alkanes of at least 4 members (excludes halogenated alkanes) is 3. The average Bonchev–Trinajstić information content (AvgIpc) is 2.35. The maximum atomic E-state index is 11.8. The zero-order valence-corrected chi connectivity index (χ0v) is 12.0. The minimum atomic E-state index is 0.221. The van der Waals surface area contributed by atoms with Crippen LogP contribution in [0.4, 0.5) is 0 Å². The minimum absolute atomic E-state index is 0.221. The van der Waals surface area contributed by atoms with Gasteiger partial charge in [-0.2, -0.15) is 0 Å². The number of hydrogen-bond acceptors (Lipinski definition) is 1. The van der Waals surface area contributed by atoms with E-state index in [0.717, 1.165) is 29.0 Å². The van der Waals surface area contributed by atoms with E-state index in [1.165, 1.54) is 12.8 Å². The van der Waals surface area contributed by atoms with Gasteiger partial charge < -0.3 is 0 Å². The predicted molar refractivity (Wildman–Crippen MR) is 78.9 cm³/mol. The van der Waals surface area contributed by atoms with E-state index in [1.807, 2.05) is 31.2 Å². The van der Waals surface area contributed by atoms with Crippen LogP contribution in [-0.2, 0) is 4.79 Å². The number of ketones is 1. The van der Waals surface area contributed by atoms with Crippen molar-refractivity contribution < 1.29 is 4.79 Å². The summed E-state index contributed by atoms with van der Waals surface area (Å²) >= 11 is 5.83. The molecule has 0 aliphatic carbocycles. The molecule has 0 atom stereocenters. The summed E-state index contributed by atoms with van der Waals surface area (Å²) in [5.41, 5.74) is 2.06. The molecule has 1 aromatic carbocycles. The smallest absolute Gasteiger partial charge is 0.155 e. The number of benzene rings is 1. The van der Waals surface area contributed by atoms with E-state index in [1.54, 1.807) is 6.08 Å². The summed E-state index contributed by atoms with van der Waals surface area (Å²) in [6, 6.07) is 7.58. The van der Waals surface area contributed by atoms with E-state index < -0.39 is 0 Å². The number of halogens is 1. The first kappa shape index (κ1) is 15.0. The van der Waals surface area contributed by atoms with Crippen LogP contribution < -0.4 is 0 Å². The molecule has 0 aliphatic rings. The lowest BCUT2D eigenvalue weighted by atomic mass is 10.0. The second-order valence-electron chi connectivity index (χ2n) is 4.61. The minimum Gasteiger partial charge on any atom is -0.295 e. The van der Waals surface area contributed by atoms with Gasteiger partial charge in [0.15, 0.2) is 5.78 Å². The molecule has 0 fully saturated rings. The third-order valence-electron chi connectivity index (χ3n) is 2.95. The summed E-state index contributed by atoms with van der Waals surface area (Å²) in [6.07, 6.45) is 6.97. The van der Waals surface area contributed by atoms with Gasteiger partial charge in [-0.3, -0.25) is 4.79 Å². The van der Waals surface area contributed by atoms with Crippen molar-refractivity contribution in [2.75, 3.05) is 0 Å². The van der Waals surface area contributed by atoms with Crippen LogP contribution in [0.2, 0.25) is 5.02 Å². The Morgan fingerprint density at radius 1 is 1.17 bits per heavy atom. The lowest BCUT2D eigenvalue weighted by molar-refractivity contribution is -0.114. The van der Waals surface area contributed by atoms with Crippen molar-refractivity contribution in [2.24, 2.45) is 0 Å². The molecule has 0 heterocycles. The van der Waals surface area contributed by atoms with E-state index in [0.29, 0.717) is 6.42 Å². The SMILES string of the molecule is CCCCCCC(=O)/C=C(\C)c1ccc(Cl)cc1. The molecular weight excluding hydrogens is 244 g/mol. The van der Waals surface area contributed by atoms with Crippen LogP contribution in [-0.4, -0.2) is 5.78 Å². The standard InChI is InChI=1S/C16H21ClO/c1-3-4-5-6-7-16(18)12-13(2)14-8-10-15(17)11-9-14/h8-12H,3-7H2,1-2H3/b13-12+. The molecule has 0 amide bonds. The Morgan fingerprint density at radius 3 is 2.44 bits per heavy atom. The number of allylic oxidation sites excluding steroid dienone is 2. The largest absolute Gasteiger partial charge is 0.295 e. The second kappa shape index (κ2) is 8.10. The van der Waals surface area contributed by atoms with Gasteiger partial charge in [-0.15, -0.1) is 0 Å². The highest BCUT2D eigenvalue weighted by atomic mass is 35.5. The van der Waals surface area contributed by atoms with Crippen molar-refractivity contribution in [1.29, 1.82) is 0 Å². The van der Waals surface area contributed by atoms with Crippen molar-refractivity contribution >= 4 is 23.0 Å². The molecule has 1 nitrogen and oxygen atoms in total. The van der Waals surface area contributed by atoms with E-state index in [9.17, 15) is 4.79 Å². The molecular formula is C16H21ClO. The molecule has 0 bridgehead atoms. The maximum absolute atomic E-state index is 11.8. The lowest BCUT2D eigenvalue weighted by Gasteiger charge is -2.02. The third-order valence-corrected chi connectivity index (χ3v) is 3.21. The summed E-state index contributed by atoms with van der Waals surface area (Å²) in [4.78, 5) is 11.8. The van der Waals surface area contributed by atoms with Gasteiger partial charge in [-0.25, -0.2) is 0 Å². The van der Waals surface area contributed by atoms with Crippen molar-refractivity contribution in [1.82, 2.24) is 0 Å². The summed E-state index contributed by atoms with van der Waals surface area (Å²) in [5, 5.41) is 0.720. The fourth-order valence-corrected chi connectivity index (χ4v) is 1.96. The summed E-state index contributed by atoms with van der Waals surface area (Å²) < 4.78 is 0. The Bertz CT molecular complexity index is 404. The van der Waals surface area contributed by atoms with Gasteiger partial charge in [-0.05, 0) is 42.7 Å². The molecule has 98 valence electrons. The molecule has 0 N–H and O–H groups in total. The number of carbonyl (C=O) groups excluding carboxylic acids is 1. The van der Waals surface area contributed by atoms with Crippen LogP contribution in [0.5, 0.6) is 0 Å². The maximum Gasteiger partial charge on any atom is 0.155 e. The van der Waals surface area contributed by atoms with Crippen molar-refractivity contribution in [2.45, 2.75) is 46.0 Å². The van der Waals surface area contributed by atoms with Crippen molar-refractivity contribution in [3.63, 3.8) is 0 Å². The van der Waals surface area contributed by atoms with Crippen LogP contribution in [0.25, 0.3) is 5.57 Å². The van der Waals surface area contributed by atoms with E-state index in [2.05, 4.69) is 6.92 Å². The summed E-state index contributed by atoms with van der Waals surface area (Å²) in [6.45, 7) is 4.14. The van der Waals surface area contributed by atoms with Crippen molar-refractivity contribution in [3.8, 4) is 0 Å². The molecule has 1 aromatic rings. The molecule has 0 saturated heterocycles. The van der Waals surface area contributed by atoms with Gasteiger partial charge >= 0.3 is 0 Å². The van der Waals surface area contributed by atoms with Gasteiger partial charge in [0.25, 0.3) is 0 Å².